The zero-order valence-electron chi connectivity index (χ0n) is 7.22. The van der Waals surface area contributed by atoms with Crippen molar-refractivity contribution in [3.05, 3.63) is 0 Å². The van der Waals surface area contributed by atoms with Gasteiger partial charge in [0.25, 0.3) is 0 Å². The van der Waals surface area contributed by atoms with Crippen molar-refractivity contribution in [1.82, 2.24) is 0 Å². The molecule has 0 aromatic heterocycles. The standard InChI is InChI=1S/C6H10O8.Cr/c7-1(3(9)5(11)12)2(8)4(10)6(13)14;/h1-4,7-10H,(H,11,12)(H,13,14);. The molecule has 0 aliphatic rings. The van der Waals surface area contributed by atoms with Crippen LogP contribution in [0.5, 0.6) is 0 Å². The molecule has 0 spiro atoms. The summed E-state index contributed by atoms with van der Waals surface area (Å²) >= 11 is 0. The second-order valence-electron chi connectivity index (χ2n) is 2.55. The number of aliphatic carboxylic acids is 2. The van der Waals surface area contributed by atoms with Crippen molar-refractivity contribution in [1.29, 1.82) is 0 Å². The summed E-state index contributed by atoms with van der Waals surface area (Å²) in [4.78, 5) is 20.2. The molecule has 0 aromatic carbocycles. The number of hydrogen-bond acceptors (Lipinski definition) is 6. The molecule has 8 nitrogen and oxygen atoms in total. The third-order valence-electron chi connectivity index (χ3n) is 1.50. The molecule has 6 N–H and O–H groups in total. The van der Waals surface area contributed by atoms with Crippen molar-refractivity contribution in [3.63, 3.8) is 0 Å². The van der Waals surface area contributed by atoms with Crippen molar-refractivity contribution in [2.75, 3.05) is 0 Å². The predicted molar refractivity (Wildman–Crippen MR) is 39.3 cm³/mol. The van der Waals surface area contributed by atoms with E-state index in [2.05, 4.69) is 0 Å². The van der Waals surface area contributed by atoms with Gasteiger partial charge in [0.1, 0.15) is 12.2 Å². The van der Waals surface area contributed by atoms with Crippen LogP contribution in [0.25, 0.3) is 0 Å². The van der Waals surface area contributed by atoms with Crippen LogP contribution in [0.4, 0.5) is 0 Å². The number of aliphatic hydroxyl groups is 4. The van der Waals surface area contributed by atoms with Gasteiger partial charge in [0.2, 0.25) is 0 Å². The Morgan fingerprint density at radius 2 is 0.933 bits per heavy atom. The van der Waals surface area contributed by atoms with Gasteiger partial charge in [-0.3, -0.25) is 0 Å². The number of hydrogen-bond donors (Lipinski definition) is 6. The molecular weight excluding hydrogens is 252 g/mol. The van der Waals surface area contributed by atoms with Crippen molar-refractivity contribution in [3.8, 4) is 0 Å². The first-order chi connectivity index (χ1) is 6.29. The normalized spacial score (nSPS) is 18.1. The van der Waals surface area contributed by atoms with Crippen molar-refractivity contribution in [2.45, 2.75) is 24.4 Å². The van der Waals surface area contributed by atoms with Crippen molar-refractivity contribution >= 4 is 11.9 Å². The molecule has 0 amide bonds. The zero-order chi connectivity index (χ0) is 11.5. The molecule has 9 heteroatoms. The van der Waals surface area contributed by atoms with Gasteiger partial charge in [-0.15, -0.1) is 0 Å². The van der Waals surface area contributed by atoms with E-state index in [9.17, 15) is 9.59 Å². The molecule has 4 unspecified atom stereocenters. The number of carboxylic acids is 2. The second-order valence-corrected chi connectivity index (χ2v) is 2.55. The van der Waals surface area contributed by atoms with Crippen LogP contribution in [0.3, 0.4) is 0 Å². The third kappa shape index (κ3) is 4.57. The van der Waals surface area contributed by atoms with Gasteiger partial charge in [-0.05, 0) is 0 Å². The molecule has 0 aromatic rings. The molecule has 4 atom stereocenters. The molecule has 0 saturated carbocycles. The van der Waals surface area contributed by atoms with Gasteiger partial charge in [0.05, 0.1) is 0 Å². The summed E-state index contributed by atoms with van der Waals surface area (Å²) in [5.41, 5.74) is 0. The largest absolute Gasteiger partial charge is 0.479 e. The van der Waals surface area contributed by atoms with E-state index in [0.717, 1.165) is 0 Å². The maximum Gasteiger partial charge on any atom is 0.335 e. The molecule has 88 valence electrons. The quantitative estimate of drug-likeness (QED) is 0.299. The van der Waals surface area contributed by atoms with E-state index in [1.54, 1.807) is 0 Å². The average molecular weight is 262 g/mol. The van der Waals surface area contributed by atoms with Crippen LogP contribution in [0.1, 0.15) is 0 Å². The Kier molecular flexibility index (Phi) is 7.51. The number of aliphatic hydroxyl groups excluding tert-OH is 4. The van der Waals surface area contributed by atoms with Crippen LogP contribution in [-0.2, 0) is 27.0 Å². The van der Waals surface area contributed by atoms with Crippen LogP contribution in [-0.4, -0.2) is 67.0 Å². The van der Waals surface area contributed by atoms with E-state index in [4.69, 9.17) is 30.6 Å². The first-order valence-corrected chi connectivity index (χ1v) is 3.47. The zero-order valence-corrected chi connectivity index (χ0v) is 8.49. The van der Waals surface area contributed by atoms with Gasteiger partial charge in [-0.2, -0.15) is 0 Å². The van der Waals surface area contributed by atoms with Gasteiger partial charge in [0, 0.05) is 17.4 Å². The van der Waals surface area contributed by atoms with Crippen LogP contribution in [0.15, 0.2) is 0 Å². The first kappa shape index (κ1) is 16.7. The molecule has 0 saturated heterocycles. The van der Waals surface area contributed by atoms with Crippen LogP contribution >= 0.6 is 0 Å². The van der Waals surface area contributed by atoms with E-state index >= 15 is 0 Å². The SMILES string of the molecule is O=C(O)C(O)C(O)C(O)C(O)C(=O)O.[Cr]. The fraction of sp³-hybridized carbons (Fsp3) is 0.667. The van der Waals surface area contributed by atoms with E-state index in [-0.39, 0.29) is 17.4 Å². The van der Waals surface area contributed by atoms with Crippen molar-refractivity contribution < 1.29 is 57.6 Å². The molecular formula is C6H10CrO8. The minimum absolute atomic E-state index is 0. The summed E-state index contributed by atoms with van der Waals surface area (Å²) in [6.45, 7) is 0. The monoisotopic (exact) mass is 262 g/mol. The predicted octanol–water partition coefficient (Wildman–Crippen LogP) is -3.40. The second kappa shape index (κ2) is 6.73. The van der Waals surface area contributed by atoms with Crippen LogP contribution in [0, 0.1) is 0 Å². The molecule has 0 fully saturated rings. The third-order valence-corrected chi connectivity index (χ3v) is 1.50. The first-order valence-electron chi connectivity index (χ1n) is 3.47. The van der Waals surface area contributed by atoms with E-state index in [1.165, 1.54) is 0 Å². The summed E-state index contributed by atoms with van der Waals surface area (Å²) in [5.74, 6) is -3.68. The van der Waals surface area contributed by atoms with Gasteiger partial charge in [-0.1, -0.05) is 0 Å². The molecule has 15 heavy (non-hydrogen) atoms. The fourth-order valence-corrected chi connectivity index (χ4v) is 0.666. The molecule has 0 aliphatic carbocycles. The van der Waals surface area contributed by atoms with Crippen molar-refractivity contribution in [2.24, 2.45) is 0 Å². The molecule has 0 rings (SSSR count). The molecule has 0 aliphatic heterocycles. The maximum absolute atomic E-state index is 10.1. The summed E-state index contributed by atoms with van der Waals surface area (Å²) in [6.07, 6.45) is -9.28. The minimum atomic E-state index is -2.36. The van der Waals surface area contributed by atoms with E-state index < -0.39 is 36.4 Å². The Morgan fingerprint density at radius 3 is 1.07 bits per heavy atom. The number of carbonyl (C=O) groups is 2. The van der Waals surface area contributed by atoms with Gasteiger partial charge >= 0.3 is 11.9 Å². The molecule has 0 bridgehead atoms. The van der Waals surface area contributed by atoms with Crippen LogP contribution in [0.2, 0.25) is 0 Å². The summed E-state index contributed by atoms with van der Waals surface area (Å²) in [6, 6.07) is 0. The average Bonchev–Trinajstić information content (AvgIpc) is 2.12. The smallest absolute Gasteiger partial charge is 0.335 e. The summed E-state index contributed by atoms with van der Waals surface area (Å²) < 4.78 is 0. The Labute approximate surface area is 94.5 Å². The van der Waals surface area contributed by atoms with Gasteiger partial charge < -0.3 is 30.6 Å². The van der Waals surface area contributed by atoms with Crippen LogP contribution < -0.4 is 0 Å². The Balaban J connectivity index is 0. The Bertz CT molecular complexity index is 207. The summed E-state index contributed by atoms with van der Waals surface area (Å²) in [7, 11) is 0. The maximum atomic E-state index is 10.1. The summed E-state index contributed by atoms with van der Waals surface area (Å²) in [5, 5.41) is 51.5. The number of carboxylic acid groups (broad SMARTS) is 2. The Morgan fingerprint density at radius 1 is 0.733 bits per heavy atom. The number of rotatable bonds is 5. The molecule has 0 radical (unpaired) electrons. The topological polar surface area (TPSA) is 156 Å². The van der Waals surface area contributed by atoms with E-state index in [1.807, 2.05) is 0 Å². The fourth-order valence-electron chi connectivity index (χ4n) is 0.666. The minimum Gasteiger partial charge on any atom is -0.479 e. The van der Waals surface area contributed by atoms with Gasteiger partial charge in [0.15, 0.2) is 12.2 Å². The van der Waals surface area contributed by atoms with E-state index in [0.29, 0.717) is 0 Å². The Hall–Kier alpha value is -0.688. The molecule has 0 heterocycles. The van der Waals surface area contributed by atoms with Gasteiger partial charge in [-0.25, -0.2) is 9.59 Å².